The molecule has 2 aromatic carbocycles. The summed E-state index contributed by atoms with van der Waals surface area (Å²) in [6.07, 6.45) is 0. The molecule has 4 heteroatoms. The zero-order chi connectivity index (χ0) is 14.4. The molecule has 0 spiro atoms. The average molecular weight is 288 g/mol. The first-order chi connectivity index (χ1) is 9.69. The third-order valence-electron chi connectivity index (χ3n) is 2.70. The zero-order valence-electron chi connectivity index (χ0n) is 11.2. The molecule has 0 atom stereocenters. The van der Waals surface area contributed by atoms with Crippen LogP contribution in [0.25, 0.3) is 0 Å². The molecule has 20 heavy (non-hydrogen) atoms. The molecule has 0 unspecified atom stereocenters. The molecule has 104 valence electrons. The van der Waals surface area contributed by atoms with Crippen molar-refractivity contribution in [2.75, 3.05) is 6.61 Å². The van der Waals surface area contributed by atoms with Crippen molar-refractivity contribution in [3.63, 3.8) is 0 Å². The summed E-state index contributed by atoms with van der Waals surface area (Å²) in [7, 11) is 0. The summed E-state index contributed by atoms with van der Waals surface area (Å²) in [6, 6.07) is 14.9. The summed E-state index contributed by atoms with van der Waals surface area (Å²) in [6.45, 7) is 2.60. The van der Waals surface area contributed by atoms with Gasteiger partial charge >= 0.3 is 5.97 Å². The monoisotopic (exact) mass is 288 g/mol. The Bertz CT molecular complexity index is 596. The lowest BCUT2D eigenvalue weighted by molar-refractivity contribution is 0.0697. The number of hydrogen-bond acceptors (Lipinski definition) is 3. The van der Waals surface area contributed by atoms with Crippen LogP contribution < -0.4 is 4.74 Å². The molecular formula is C16H16O3S. The summed E-state index contributed by atoms with van der Waals surface area (Å²) < 4.78 is 5.46. The predicted molar refractivity (Wildman–Crippen MR) is 80.6 cm³/mol. The van der Waals surface area contributed by atoms with E-state index in [1.807, 2.05) is 37.3 Å². The SMILES string of the molecule is CCOc1cccc(SCc2cccc(C(=O)O)c2)c1. The predicted octanol–water partition coefficient (Wildman–Crippen LogP) is 4.08. The molecule has 0 aliphatic carbocycles. The highest BCUT2D eigenvalue weighted by Crippen LogP contribution is 2.26. The third kappa shape index (κ3) is 4.03. The van der Waals surface area contributed by atoms with Gasteiger partial charge in [-0.3, -0.25) is 0 Å². The molecule has 0 radical (unpaired) electrons. The molecule has 0 saturated carbocycles. The van der Waals surface area contributed by atoms with Crippen LogP contribution in [0.3, 0.4) is 0 Å². The van der Waals surface area contributed by atoms with E-state index in [1.54, 1.807) is 30.0 Å². The summed E-state index contributed by atoms with van der Waals surface area (Å²) in [5.74, 6) is 0.698. The second-order valence-corrected chi connectivity index (χ2v) is 5.25. The minimum atomic E-state index is -0.893. The van der Waals surface area contributed by atoms with E-state index in [-0.39, 0.29) is 0 Å². The van der Waals surface area contributed by atoms with Gasteiger partial charge < -0.3 is 9.84 Å². The topological polar surface area (TPSA) is 46.5 Å². The Morgan fingerprint density at radius 2 is 2.00 bits per heavy atom. The number of rotatable bonds is 6. The van der Waals surface area contributed by atoms with Gasteiger partial charge in [-0.2, -0.15) is 0 Å². The van der Waals surface area contributed by atoms with E-state index in [4.69, 9.17) is 9.84 Å². The van der Waals surface area contributed by atoms with Crippen molar-refractivity contribution in [1.29, 1.82) is 0 Å². The number of carbonyl (C=O) groups is 1. The van der Waals surface area contributed by atoms with Crippen molar-refractivity contribution in [3.8, 4) is 5.75 Å². The van der Waals surface area contributed by atoms with E-state index in [1.165, 1.54) is 0 Å². The number of hydrogen-bond donors (Lipinski definition) is 1. The Balaban J connectivity index is 2.03. The summed E-state index contributed by atoms with van der Waals surface area (Å²) in [5, 5.41) is 8.97. The molecular weight excluding hydrogens is 272 g/mol. The van der Waals surface area contributed by atoms with Crippen molar-refractivity contribution in [1.82, 2.24) is 0 Å². The van der Waals surface area contributed by atoms with Crippen LogP contribution in [-0.4, -0.2) is 17.7 Å². The van der Waals surface area contributed by atoms with E-state index < -0.39 is 5.97 Å². The Morgan fingerprint density at radius 3 is 2.75 bits per heavy atom. The van der Waals surface area contributed by atoms with E-state index in [0.717, 1.165) is 22.0 Å². The molecule has 1 N–H and O–H groups in total. The smallest absolute Gasteiger partial charge is 0.335 e. The Labute approximate surface area is 122 Å². The first kappa shape index (κ1) is 14.5. The largest absolute Gasteiger partial charge is 0.494 e. The highest BCUT2D eigenvalue weighted by Gasteiger charge is 2.04. The fraction of sp³-hybridized carbons (Fsp3) is 0.188. The van der Waals surface area contributed by atoms with Crippen LogP contribution in [0.4, 0.5) is 0 Å². The molecule has 0 aliphatic heterocycles. The number of thioether (sulfide) groups is 1. The number of ether oxygens (including phenoxy) is 1. The average Bonchev–Trinajstić information content (AvgIpc) is 2.46. The maximum absolute atomic E-state index is 10.9. The molecule has 0 fully saturated rings. The van der Waals surface area contributed by atoms with Crippen LogP contribution in [0.2, 0.25) is 0 Å². The normalized spacial score (nSPS) is 10.2. The molecule has 0 amide bonds. The maximum atomic E-state index is 10.9. The van der Waals surface area contributed by atoms with Gasteiger partial charge in [0.2, 0.25) is 0 Å². The molecule has 0 saturated heterocycles. The fourth-order valence-corrected chi connectivity index (χ4v) is 2.67. The van der Waals surface area contributed by atoms with Crippen molar-refractivity contribution in [2.24, 2.45) is 0 Å². The van der Waals surface area contributed by atoms with E-state index in [2.05, 4.69) is 0 Å². The highest BCUT2D eigenvalue weighted by atomic mass is 32.2. The molecule has 0 aromatic heterocycles. The Hall–Kier alpha value is -1.94. The van der Waals surface area contributed by atoms with Gasteiger partial charge in [0.15, 0.2) is 0 Å². The van der Waals surface area contributed by atoms with Gasteiger partial charge in [-0.15, -0.1) is 11.8 Å². The summed E-state index contributed by atoms with van der Waals surface area (Å²) in [5.41, 5.74) is 1.32. The van der Waals surface area contributed by atoms with Gasteiger partial charge in [-0.1, -0.05) is 18.2 Å². The number of aromatic carboxylic acids is 1. The van der Waals surface area contributed by atoms with Crippen molar-refractivity contribution in [2.45, 2.75) is 17.6 Å². The van der Waals surface area contributed by atoms with Gasteiger partial charge in [0.1, 0.15) is 5.75 Å². The molecule has 2 aromatic rings. The molecule has 3 nitrogen and oxygen atoms in total. The van der Waals surface area contributed by atoms with Crippen LogP contribution in [0.5, 0.6) is 5.75 Å². The van der Waals surface area contributed by atoms with Gasteiger partial charge in [0, 0.05) is 10.6 Å². The van der Waals surface area contributed by atoms with Crippen molar-refractivity contribution >= 4 is 17.7 Å². The lowest BCUT2D eigenvalue weighted by Gasteiger charge is -2.06. The van der Waals surface area contributed by atoms with Gasteiger partial charge in [-0.05, 0) is 42.8 Å². The second kappa shape index (κ2) is 7.01. The van der Waals surface area contributed by atoms with Crippen molar-refractivity contribution < 1.29 is 14.6 Å². The van der Waals surface area contributed by atoms with Gasteiger partial charge in [0.05, 0.1) is 12.2 Å². The van der Waals surface area contributed by atoms with Gasteiger partial charge in [0.25, 0.3) is 0 Å². The first-order valence-corrected chi connectivity index (χ1v) is 7.35. The van der Waals surface area contributed by atoms with Crippen LogP contribution in [-0.2, 0) is 5.75 Å². The maximum Gasteiger partial charge on any atom is 0.335 e. The minimum absolute atomic E-state index is 0.325. The lowest BCUT2D eigenvalue weighted by atomic mass is 10.1. The van der Waals surface area contributed by atoms with Crippen LogP contribution >= 0.6 is 11.8 Å². The van der Waals surface area contributed by atoms with Crippen LogP contribution in [0, 0.1) is 0 Å². The quantitative estimate of drug-likeness (QED) is 0.814. The van der Waals surface area contributed by atoms with Crippen molar-refractivity contribution in [3.05, 3.63) is 59.7 Å². The Kier molecular flexibility index (Phi) is 5.07. The second-order valence-electron chi connectivity index (χ2n) is 4.20. The van der Waals surface area contributed by atoms with Crippen LogP contribution in [0.1, 0.15) is 22.8 Å². The molecule has 0 heterocycles. The number of benzene rings is 2. The minimum Gasteiger partial charge on any atom is -0.494 e. The Morgan fingerprint density at radius 1 is 1.20 bits per heavy atom. The van der Waals surface area contributed by atoms with Crippen LogP contribution in [0.15, 0.2) is 53.4 Å². The number of carboxylic acid groups (broad SMARTS) is 1. The molecule has 0 bridgehead atoms. The lowest BCUT2D eigenvalue weighted by Crippen LogP contribution is -1.96. The molecule has 2 rings (SSSR count). The molecule has 0 aliphatic rings. The summed E-state index contributed by atoms with van der Waals surface area (Å²) in [4.78, 5) is 12.0. The summed E-state index contributed by atoms with van der Waals surface area (Å²) >= 11 is 1.66. The number of carboxylic acids is 1. The standard InChI is InChI=1S/C16H16O3S/c1-2-19-14-7-4-8-15(10-14)20-11-12-5-3-6-13(9-12)16(17)18/h3-10H,2,11H2,1H3,(H,17,18). The van der Waals surface area contributed by atoms with E-state index in [9.17, 15) is 4.79 Å². The first-order valence-electron chi connectivity index (χ1n) is 6.37. The third-order valence-corrected chi connectivity index (χ3v) is 3.76. The van der Waals surface area contributed by atoms with E-state index in [0.29, 0.717) is 12.2 Å². The van der Waals surface area contributed by atoms with Gasteiger partial charge in [-0.25, -0.2) is 4.79 Å². The fourth-order valence-electron chi connectivity index (χ4n) is 1.78. The van der Waals surface area contributed by atoms with E-state index >= 15 is 0 Å². The zero-order valence-corrected chi connectivity index (χ0v) is 12.0. The highest BCUT2D eigenvalue weighted by molar-refractivity contribution is 7.98.